The molecule has 1 saturated carbocycles. The van der Waals surface area contributed by atoms with Gasteiger partial charge in [0.25, 0.3) is 5.92 Å². The van der Waals surface area contributed by atoms with Crippen molar-refractivity contribution in [2.75, 3.05) is 9.80 Å². The first kappa shape index (κ1) is 22.8. The molecular weight excluding hydrogens is 584 g/mol. The minimum atomic E-state index is -3.03. The maximum atomic E-state index is 14.5. The number of carbonyl (C=O) groups is 1. The van der Waals surface area contributed by atoms with E-state index in [0.717, 1.165) is 3.57 Å². The molecule has 2 amide bonds. The van der Waals surface area contributed by atoms with Crippen LogP contribution >= 0.6 is 45.8 Å². The van der Waals surface area contributed by atoms with Crippen molar-refractivity contribution in [3.05, 3.63) is 92.0 Å². The summed E-state index contributed by atoms with van der Waals surface area (Å²) in [5, 5.41) is 13.3. The molecule has 170 valence electrons. The zero-order valence-electron chi connectivity index (χ0n) is 17.0. The number of aliphatic hydroxyl groups is 1. The van der Waals surface area contributed by atoms with E-state index in [0.29, 0.717) is 27.0 Å². The number of amides is 2. The van der Waals surface area contributed by atoms with Gasteiger partial charge in [-0.15, -0.1) is 0 Å². The van der Waals surface area contributed by atoms with Gasteiger partial charge in [-0.1, -0.05) is 35.3 Å². The third kappa shape index (κ3) is 3.43. The molecule has 1 aliphatic heterocycles. The average Bonchev–Trinajstić information content (AvgIpc) is 2.93. The van der Waals surface area contributed by atoms with Gasteiger partial charge in [-0.2, -0.15) is 0 Å². The van der Waals surface area contributed by atoms with Crippen molar-refractivity contribution in [1.82, 2.24) is 0 Å². The first-order valence-electron chi connectivity index (χ1n) is 10.1. The monoisotopic (exact) mass is 600 g/mol. The standard InChI is InChI=1S/C24H17Cl2F2IN2O2/c25-16-4-8-19(9-5-16)30-21(32)31(20-10-6-17(26)7-11-20)24(33,15-2-1-3-18(29)12-15)22(30)13-23(27,28)14-22/h1-12,33H,13-14H2. The normalized spacial score (nSPS) is 23.2. The second-order valence-electron chi connectivity index (χ2n) is 8.33. The highest BCUT2D eigenvalue weighted by Crippen LogP contribution is 2.63. The maximum absolute atomic E-state index is 14.5. The summed E-state index contributed by atoms with van der Waals surface area (Å²) in [6, 6.07) is 19.0. The van der Waals surface area contributed by atoms with Crippen molar-refractivity contribution >= 4 is 63.2 Å². The number of anilines is 2. The molecule has 1 spiro atoms. The first-order valence-corrected chi connectivity index (χ1v) is 11.9. The van der Waals surface area contributed by atoms with Crippen LogP contribution in [-0.4, -0.2) is 22.6 Å². The summed E-state index contributed by atoms with van der Waals surface area (Å²) in [4.78, 5) is 16.4. The smallest absolute Gasteiger partial charge is 0.332 e. The molecule has 3 aromatic carbocycles. The van der Waals surface area contributed by atoms with Crippen LogP contribution in [0.1, 0.15) is 18.4 Å². The average molecular weight is 601 g/mol. The van der Waals surface area contributed by atoms with Crippen LogP contribution in [0.25, 0.3) is 0 Å². The molecule has 33 heavy (non-hydrogen) atoms. The second-order valence-corrected chi connectivity index (χ2v) is 10.4. The lowest BCUT2D eigenvalue weighted by Gasteiger charge is -2.55. The van der Waals surface area contributed by atoms with E-state index in [1.54, 1.807) is 66.7 Å². The molecule has 0 radical (unpaired) electrons. The molecule has 1 atom stereocenters. The van der Waals surface area contributed by atoms with Crippen LogP contribution in [0.2, 0.25) is 10.0 Å². The van der Waals surface area contributed by atoms with Gasteiger partial charge in [0.2, 0.25) is 0 Å². The lowest BCUT2D eigenvalue weighted by atomic mass is 9.64. The number of nitrogens with zero attached hydrogens (tertiary/aromatic N) is 2. The summed E-state index contributed by atoms with van der Waals surface area (Å²) < 4.78 is 29.9. The van der Waals surface area contributed by atoms with Crippen LogP contribution in [0.3, 0.4) is 0 Å². The van der Waals surface area contributed by atoms with Crippen molar-refractivity contribution in [2.24, 2.45) is 0 Å². The molecule has 1 aliphatic carbocycles. The molecule has 9 heteroatoms. The number of rotatable bonds is 3. The van der Waals surface area contributed by atoms with E-state index in [4.69, 9.17) is 23.2 Å². The minimum Gasteiger partial charge on any atom is -0.364 e. The Labute approximate surface area is 212 Å². The molecule has 1 heterocycles. The van der Waals surface area contributed by atoms with E-state index in [2.05, 4.69) is 22.6 Å². The van der Waals surface area contributed by atoms with Crippen molar-refractivity contribution in [3.63, 3.8) is 0 Å². The van der Waals surface area contributed by atoms with E-state index >= 15 is 0 Å². The summed E-state index contributed by atoms with van der Waals surface area (Å²) >= 11 is 14.2. The molecule has 4 nitrogen and oxygen atoms in total. The molecule has 1 unspecified atom stereocenters. The molecule has 5 rings (SSSR count). The molecule has 3 aromatic rings. The van der Waals surface area contributed by atoms with E-state index in [-0.39, 0.29) is 0 Å². The Kier molecular flexibility index (Phi) is 5.39. The molecule has 0 bridgehead atoms. The second kappa shape index (κ2) is 7.80. The number of hydrogen-bond donors (Lipinski definition) is 1. The van der Waals surface area contributed by atoms with E-state index < -0.39 is 36.1 Å². The van der Waals surface area contributed by atoms with Gasteiger partial charge in [-0.3, -0.25) is 9.80 Å². The molecule has 1 N–H and O–H groups in total. The highest BCUT2D eigenvalue weighted by Gasteiger charge is 2.77. The molecule has 2 fully saturated rings. The number of halogens is 5. The van der Waals surface area contributed by atoms with Gasteiger partial charge in [0.1, 0.15) is 5.54 Å². The SMILES string of the molecule is O=C1N(c2ccc(Cl)cc2)C2(CC(F)(F)C2)C(O)(c2cccc(I)c2)N1c1ccc(Cl)cc1. The van der Waals surface area contributed by atoms with Crippen LogP contribution < -0.4 is 9.80 Å². The van der Waals surface area contributed by atoms with Gasteiger partial charge >= 0.3 is 6.03 Å². The first-order chi connectivity index (χ1) is 15.6. The zero-order chi connectivity index (χ0) is 23.6. The molecule has 0 aromatic heterocycles. The van der Waals surface area contributed by atoms with E-state index in [1.165, 1.54) is 9.80 Å². The number of alkyl halides is 2. The number of benzene rings is 3. The zero-order valence-corrected chi connectivity index (χ0v) is 20.7. The summed E-state index contributed by atoms with van der Waals surface area (Å²) in [6.45, 7) is 0. The quantitative estimate of drug-likeness (QED) is 0.327. The number of carbonyl (C=O) groups excluding carboxylic acids is 1. The Morgan fingerprint density at radius 1 is 0.848 bits per heavy atom. The number of urea groups is 1. The van der Waals surface area contributed by atoms with Gasteiger partial charge < -0.3 is 5.11 Å². The van der Waals surface area contributed by atoms with Crippen LogP contribution in [0.5, 0.6) is 0 Å². The number of hydrogen-bond acceptors (Lipinski definition) is 2. The predicted molar refractivity (Wildman–Crippen MR) is 133 cm³/mol. The van der Waals surface area contributed by atoms with Gasteiger partial charge in [-0.25, -0.2) is 13.6 Å². The fraction of sp³-hybridized carbons (Fsp3) is 0.208. The Hall–Kier alpha value is -1.94. The Bertz CT molecular complexity index is 1230. The summed E-state index contributed by atoms with van der Waals surface area (Å²) in [5.74, 6) is -3.03. The van der Waals surface area contributed by atoms with Crippen molar-refractivity contribution in [3.8, 4) is 0 Å². The van der Waals surface area contributed by atoms with Crippen molar-refractivity contribution in [2.45, 2.75) is 30.0 Å². The van der Waals surface area contributed by atoms with Crippen LogP contribution in [-0.2, 0) is 5.72 Å². The summed E-state index contributed by atoms with van der Waals surface area (Å²) in [5.41, 5.74) is -2.60. The fourth-order valence-electron chi connectivity index (χ4n) is 4.93. The van der Waals surface area contributed by atoms with Gasteiger partial charge in [0.15, 0.2) is 5.72 Å². The largest absolute Gasteiger partial charge is 0.364 e. The summed E-state index contributed by atoms with van der Waals surface area (Å²) in [6.07, 6.45) is -1.39. The van der Waals surface area contributed by atoms with Crippen LogP contribution in [0.15, 0.2) is 72.8 Å². The van der Waals surface area contributed by atoms with Gasteiger partial charge in [0.05, 0.1) is 0 Å². The van der Waals surface area contributed by atoms with Crippen molar-refractivity contribution in [1.29, 1.82) is 0 Å². The van der Waals surface area contributed by atoms with Gasteiger partial charge in [-0.05, 0) is 83.3 Å². The lowest BCUT2D eigenvalue weighted by Crippen LogP contribution is -2.70. The lowest BCUT2D eigenvalue weighted by molar-refractivity contribution is -0.182. The Balaban J connectivity index is 1.79. The molecule has 1 saturated heterocycles. The van der Waals surface area contributed by atoms with Crippen LogP contribution in [0.4, 0.5) is 25.0 Å². The molecular formula is C24H17Cl2F2IN2O2. The maximum Gasteiger partial charge on any atom is 0.332 e. The van der Waals surface area contributed by atoms with Gasteiger partial charge in [0, 0.05) is 43.4 Å². The highest BCUT2D eigenvalue weighted by molar-refractivity contribution is 14.1. The fourth-order valence-corrected chi connectivity index (χ4v) is 5.73. The van der Waals surface area contributed by atoms with Crippen molar-refractivity contribution < 1.29 is 18.7 Å². The third-order valence-corrected chi connectivity index (χ3v) is 7.46. The molecule has 2 aliphatic rings. The highest BCUT2D eigenvalue weighted by atomic mass is 127. The van der Waals surface area contributed by atoms with E-state index in [9.17, 15) is 18.7 Å². The Morgan fingerprint density at radius 3 is 1.85 bits per heavy atom. The Morgan fingerprint density at radius 2 is 1.36 bits per heavy atom. The topological polar surface area (TPSA) is 43.8 Å². The van der Waals surface area contributed by atoms with E-state index in [1.807, 2.05) is 6.07 Å². The third-order valence-electron chi connectivity index (χ3n) is 6.28. The predicted octanol–water partition coefficient (Wildman–Crippen LogP) is 7.06. The minimum absolute atomic E-state index is 0.344. The van der Waals surface area contributed by atoms with Crippen LogP contribution in [0, 0.1) is 3.57 Å². The summed E-state index contributed by atoms with van der Waals surface area (Å²) in [7, 11) is 0.